The Kier molecular flexibility index (Phi) is 4.74. The van der Waals surface area contributed by atoms with Crippen molar-refractivity contribution in [1.82, 2.24) is 30.2 Å². The van der Waals surface area contributed by atoms with Crippen LogP contribution in [0.3, 0.4) is 0 Å². The van der Waals surface area contributed by atoms with E-state index in [1.165, 1.54) is 6.07 Å². The summed E-state index contributed by atoms with van der Waals surface area (Å²) >= 11 is 0. The standard InChI is InChI=1S/C19H20FN7O/c1-3-22-8-12-6-5-11(7-14(12)20)13-9-23-10-15-17(13)27(4-2)19(24-15)16-18(21)26-28-25-16/h5-7,9-10,22H,3-4,8H2,1-2H3,(H2,21,26). The molecule has 4 aromatic rings. The van der Waals surface area contributed by atoms with Gasteiger partial charge in [0.05, 0.1) is 11.7 Å². The summed E-state index contributed by atoms with van der Waals surface area (Å²) in [6, 6.07) is 5.21. The largest absolute Gasteiger partial charge is 0.379 e. The number of halogens is 1. The van der Waals surface area contributed by atoms with Crippen LogP contribution in [0.15, 0.2) is 35.2 Å². The Morgan fingerprint density at radius 2 is 2.07 bits per heavy atom. The van der Waals surface area contributed by atoms with E-state index in [4.69, 9.17) is 10.4 Å². The fourth-order valence-corrected chi connectivity index (χ4v) is 3.26. The van der Waals surface area contributed by atoms with Crippen molar-refractivity contribution >= 4 is 16.9 Å². The van der Waals surface area contributed by atoms with Crippen molar-refractivity contribution in [3.63, 3.8) is 0 Å². The van der Waals surface area contributed by atoms with E-state index in [1.807, 2.05) is 24.5 Å². The van der Waals surface area contributed by atoms with E-state index in [1.54, 1.807) is 18.5 Å². The summed E-state index contributed by atoms with van der Waals surface area (Å²) in [5.41, 5.74) is 9.84. The maximum atomic E-state index is 14.6. The molecule has 0 spiro atoms. The second-order valence-electron chi connectivity index (χ2n) is 6.32. The number of hydrogen-bond acceptors (Lipinski definition) is 7. The highest BCUT2D eigenvalue weighted by molar-refractivity contribution is 5.94. The van der Waals surface area contributed by atoms with Gasteiger partial charge in [0.15, 0.2) is 17.3 Å². The van der Waals surface area contributed by atoms with Crippen molar-refractivity contribution in [2.45, 2.75) is 26.9 Å². The molecule has 3 aromatic heterocycles. The third kappa shape index (κ3) is 2.99. The van der Waals surface area contributed by atoms with Crippen molar-refractivity contribution in [2.75, 3.05) is 12.3 Å². The zero-order valence-electron chi connectivity index (χ0n) is 15.6. The number of anilines is 1. The highest BCUT2D eigenvalue weighted by Gasteiger charge is 2.21. The van der Waals surface area contributed by atoms with Crippen molar-refractivity contribution in [3.05, 3.63) is 42.0 Å². The summed E-state index contributed by atoms with van der Waals surface area (Å²) in [5.74, 6) is 0.441. The summed E-state index contributed by atoms with van der Waals surface area (Å²) in [7, 11) is 0. The predicted octanol–water partition coefficient (Wildman–Crippen LogP) is 3.00. The molecular formula is C19H20FN7O. The van der Waals surface area contributed by atoms with Crippen LogP contribution in [0.4, 0.5) is 10.2 Å². The second-order valence-corrected chi connectivity index (χ2v) is 6.32. The molecular weight excluding hydrogens is 361 g/mol. The van der Waals surface area contributed by atoms with Crippen molar-refractivity contribution < 1.29 is 9.02 Å². The smallest absolute Gasteiger partial charge is 0.199 e. The number of nitrogens with zero attached hydrogens (tertiary/aromatic N) is 5. The molecule has 9 heteroatoms. The third-order valence-electron chi connectivity index (χ3n) is 4.62. The van der Waals surface area contributed by atoms with Gasteiger partial charge in [0.2, 0.25) is 0 Å². The maximum Gasteiger partial charge on any atom is 0.199 e. The molecule has 0 fully saturated rings. The van der Waals surface area contributed by atoms with E-state index in [9.17, 15) is 4.39 Å². The zero-order chi connectivity index (χ0) is 19.7. The lowest BCUT2D eigenvalue weighted by Crippen LogP contribution is -2.12. The lowest BCUT2D eigenvalue weighted by atomic mass is 10.0. The van der Waals surface area contributed by atoms with Gasteiger partial charge in [-0.25, -0.2) is 14.0 Å². The van der Waals surface area contributed by atoms with Gasteiger partial charge in [-0.3, -0.25) is 4.98 Å². The van der Waals surface area contributed by atoms with E-state index in [-0.39, 0.29) is 11.6 Å². The summed E-state index contributed by atoms with van der Waals surface area (Å²) in [6.07, 6.45) is 3.37. The molecule has 0 amide bonds. The number of fused-ring (bicyclic) bond motifs is 1. The Labute approximate surface area is 160 Å². The van der Waals surface area contributed by atoms with Crippen molar-refractivity contribution in [2.24, 2.45) is 0 Å². The molecule has 3 N–H and O–H groups in total. The van der Waals surface area contributed by atoms with E-state index in [0.717, 1.165) is 23.2 Å². The Morgan fingerprint density at radius 3 is 2.75 bits per heavy atom. The van der Waals surface area contributed by atoms with Gasteiger partial charge >= 0.3 is 0 Å². The van der Waals surface area contributed by atoms with Gasteiger partial charge in [0, 0.05) is 30.4 Å². The number of pyridine rings is 1. The number of nitrogen functional groups attached to an aromatic ring is 1. The van der Waals surface area contributed by atoms with Gasteiger partial charge in [-0.1, -0.05) is 19.1 Å². The minimum atomic E-state index is -0.261. The van der Waals surface area contributed by atoms with Crippen LogP contribution in [0.2, 0.25) is 0 Å². The minimum absolute atomic E-state index is 0.165. The summed E-state index contributed by atoms with van der Waals surface area (Å²) in [5, 5.41) is 10.6. The van der Waals surface area contributed by atoms with Crippen LogP contribution in [0.25, 0.3) is 33.7 Å². The number of benzene rings is 1. The molecule has 0 atom stereocenters. The highest BCUT2D eigenvalue weighted by atomic mass is 19.1. The fourth-order valence-electron chi connectivity index (χ4n) is 3.26. The normalized spacial score (nSPS) is 11.4. The molecule has 0 radical (unpaired) electrons. The van der Waals surface area contributed by atoms with Crippen LogP contribution < -0.4 is 11.1 Å². The first-order chi connectivity index (χ1) is 13.6. The minimum Gasteiger partial charge on any atom is -0.379 e. The maximum absolute atomic E-state index is 14.6. The molecule has 1 aromatic carbocycles. The monoisotopic (exact) mass is 381 g/mol. The molecule has 3 heterocycles. The number of imidazole rings is 1. The Hall–Kier alpha value is -3.33. The van der Waals surface area contributed by atoms with Crippen LogP contribution >= 0.6 is 0 Å². The quantitative estimate of drug-likeness (QED) is 0.528. The molecule has 8 nitrogen and oxygen atoms in total. The molecule has 0 unspecified atom stereocenters. The Bertz CT molecular complexity index is 1130. The molecule has 28 heavy (non-hydrogen) atoms. The molecule has 144 valence electrons. The molecule has 0 aliphatic rings. The van der Waals surface area contributed by atoms with E-state index < -0.39 is 0 Å². The van der Waals surface area contributed by atoms with Crippen molar-refractivity contribution in [3.8, 4) is 22.6 Å². The number of nitrogens with two attached hydrogens (primary N) is 1. The Balaban J connectivity index is 1.88. The SMILES string of the molecule is CCNCc1ccc(-c2cncc3nc(-c4nonc4N)n(CC)c23)cc1F. The molecule has 4 rings (SSSR count). The van der Waals surface area contributed by atoms with Gasteiger partial charge in [-0.2, -0.15) is 0 Å². The third-order valence-corrected chi connectivity index (χ3v) is 4.62. The summed E-state index contributed by atoms with van der Waals surface area (Å²) in [6.45, 7) is 5.84. The average molecular weight is 381 g/mol. The lowest BCUT2D eigenvalue weighted by molar-refractivity contribution is 0.310. The van der Waals surface area contributed by atoms with E-state index in [2.05, 4.69) is 25.6 Å². The zero-order valence-corrected chi connectivity index (χ0v) is 15.6. The topological polar surface area (TPSA) is 108 Å². The molecule has 0 saturated heterocycles. The second kappa shape index (κ2) is 7.35. The van der Waals surface area contributed by atoms with Gasteiger partial charge in [0.1, 0.15) is 11.3 Å². The van der Waals surface area contributed by atoms with Crippen LogP contribution in [0, 0.1) is 5.82 Å². The predicted molar refractivity (Wildman–Crippen MR) is 104 cm³/mol. The molecule has 0 bridgehead atoms. The van der Waals surface area contributed by atoms with Gasteiger partial charge in [-0.15, -0.1) is 0 Å². The lowest BCUT2D eigenvalue weighted by Gasteiger charge is -2.10. The number of hydrogen-bond donors (Lipinski definition) is 2. The average Bonchev–Trinajstić information content (AvgIpc) is 3.29. The van der Waals surface area contributed by atoms with Crippen molar-refractivity contribution in [1.29, 1.82) is 0 Å². The number of nitrogens with one attached hydrogen (secondary N) is 1. The van der Waals surface area contributed by atoms with E-state index >= 15 is 0 Å². The van der Waals surface area contributed by atoms with Crippen LogP contribution in [-0.2, 0) is 13.1 Å². The van der Waals surface area contributed by atoms with Crippen LogP contribution in [0.1, 0.15) is 19.4 Å². The Morgan fingerprint density at radius 1 is 1.21 bits per heavy atom. The molecule has 0 aliphatic heterocycles. The number of aromatic nitrogens is 5. The van der Waals surface area contributed by atoms with E-state index in [0.29, 0.717) is 35.7 Å². The molecule has 0 aliphatic carbocycles. The first-order valence-electron chi connectivity index (χ1n) is 9.06. The fraction of sp³-hybridized carbons (Fsp3) is 0.263. The first-order valence-corrected chi connectivity index (χ1v) is 9.06. The van der Waals surface area contributed by atoms with Gasteiger partial charge < -0.3 is 15.6 Å². The summed E-state index contributed by atoms with van der Waals surface area (Å²) in [4.78, 5) is 8.89. The van der Waals surface area contributed by atoms with Gasteiger partial charge in [0.25, 0.3) is 0 Å². The first kappa shape index (κ1) is 18.1. The molecule has 0 saturated carbocycles. The number of rotatable bonds is 6. The van der Waals surface area contributed by atoms with Gasteiger partial charge in [-0.05, 0) is 35.4 Å². The summed E-state index contributed by atoms with van der Waals surface area (Å²) < 4.78 is 21.3. The number of aryl methyl sites for hydroxylation is 1. The highest BCUT2D eigenvalue weighted by Crippen LogP contribution is 2.33. The van der Waals surface area contributed by atoms with Crippen LogP contribution in [0.5, 0.6) is 0 Å². The van der Waals surface area contributed by atoms with Crippen LogP contribution in [-0.4, -0.2) is 31.4 Å².